The van der Waals surface area contributed by atoms with Gasteiger partial charge < -0.3 is 10.8 Å². The van der Waals surface area contributed by atoms with Gasteiger partial charge in [0.2, 0.25) is 0 Å². The zero-order chi connectivity index (χ0) is 11.9. The molecule has 4 heteroatoms. The minimum Gasteiger partial charge on any atom is -0.508 e. The van der Waals surface area contributed by atoms with Crippen molar-refractivity contribution in [2.45, 2.75) is 37.6 Å². The first-order valence-electron chi connectivity index (χ1n) is 5.34. The second-order valence-corrected chi connectivity index (χ2v) is 4.52. The van der Waals surface area contributed by atoms with Crippen LogP contribution in [0.25, 0.3) is 0 Å². The fraction of sp³-hybridized carbons (Fsp3) is 0.500. The van der Waals surface area contributed by atoms with Crippen molar-refractivity contribution in [2.75, 3.05) is 0 Å². The summed E-state index contributed by atoms with van der Waals surface area (Å²) in [6.45, 7) is 1.85. The smallest absolute Gasteiger partial charge is 0.263 e. The monoisotopic (exact) mass is 227 g/mol. The molecule has 0 spiro atoms. The number of hydrogen-bond donors (Lipinski definition) is 2. The maximum Gasteiger partial charge on any atom is 0.263 e. The molecule has 3 N–H and O–H groups in total. The molecular weight excluding hydrogens is 212 g/mol. The van der Waals surface area contributed by atoms with Crippen LogP contribution in [0, 0.1) is 0 Å². The van der Waals surface area contributed by atoms with E-state index in [1.807, 2.05) is 6.92 Å². The van der Waals surface area contributed by atoms with Crippen molar-refractivity contribution in [3.63, 3.8) is 0 Å². The molecule has 0 radical (unpaired) electrons. The van der Waals surface area contributed by atoms with Gasteiger partial charge in [0.1, 0.15) is 5.75 Å². The van der Waals surface area contributed by atoms with Crippen LogP contribution >= 0.6 is 0 Å². The van der Waals surface area contributed by atoms with E-state index in [1.54, 1.807) is 0 Å². The average molecular weight is 227 g/mol. The standard InChI is InChI=1S/C12H15F2NO/c1-7(15)12(4-5-12)9-6-8(11(13)14)2-3-10(9)16/h2-3,6-7,11,16H,4-5,15H2,1H3. The minimum absolute atomic E-state index is 0.0558. The third-order valence-electron chi connectivity index (χ3n) is 3.47. The molecule has 1 fully saturated rings. The lowest BCUT2D eigenvalue weighted by atomic mass is 9.88. The van der Waals surface area contributed by atoms with Crippen molar-refractivity contribution in [2.24, 2.45) is 5.73 Å². The Balaban J connectivity index is 2.44. The van der Waals surface area contributed by atoms with Crippen molar-refractivity contribution in [3.8, 4) is 5.75 Å². The Morgan fingerprint density at radius 2 is 2.00 bits per heavy atom. The molecule has 2 rings (SSSR count). The second kappa shape index (κ2) is 3.70. The quantitative estimate of drug-likeness (QED) is 0.834. The summed E-state index contributed by atoms with van der Waals surface area (Å²) < 4.78 is 25.2. The highest BCUT2D eigenvalue weighted by atomic mass is 19.3. The number of hydrogen-bond acceptors (Lipinski definition) is 2. The first-order valence-corrected chi connectivity index (χ1v) is 5.34. The molecule has 88 valence electrons. The summed E-state index contributed by atoms with van der Waals surface area (Å²) in [5, 5.41) is 9.74. The maximum absolute atomic E-state index is 12.6. The Bertz CT molecular complexity index is 400. The number of rotatable bonds is 3. The van der Waals surface area contributed by atoms with Crippen molar-refractivity contribution < 1.29 is 13.9 Å². The molecule has 1 aliphatic carbocycles. The van der Waals surface area contributed by atoms with Crippen LogP contribution in [0.1, 0.15) is 37.3 Å². The Morgan fingerprint density at radius 3 is 2.44 bits per heavy atom. The highest BCUT2D eigenvalue weighted by molar-refractivity contribution is 5.46. The van der Waals surface area contributed by atoms with Crippen molar-refractivity contribution in [3.05, 3.63) is 29.3 Å². The van der Waals surface area contributed by atoms with Crippen LogP contribution in [0.15, 0.2) is 18.2 Å². The van der Waals surface area contributed by atoms with E-state index < -0.39 is 6.43 Å². The first kappa shape index (κ1) is 11.3. The molecule has 2 nitrogen and oxygen atoms in total. The molecule has 0 aromatic heterocycles. The van der Waals surface area contributed by atoms with Crippen molar-refractivity contribution in [1.82, 2.24) is 0 Å². The second-order valence-electron chi connectivity index (χ2n) is 4.52. The molecule has 0 amide bonds. The largest absolute Gasteiger partial charge is 0.508 e. The molecule has 16 heavy (non-hydrogen) atoms. The van der Waals surface area contributed by atoms with Gasteiger partial charge in [-0.05, 0) is 38.0 Å². The predicted molar refractivity (Wildman–Crippen MR) is 57.6 cm³/mol. The Kier molecular flexibility index (Phi) is 2.62. The third kappa shape index (κ3) is 1.67. The Hall–Kier alpha value is -1.16. The molecule has 0 bridgehead atoms. The van der Waals surface area contributed by atoms with Crippen LogP contribution in [0.3, 0.4) is 0 Å². The van der Waals surface area contributed by atoms with Crippen LogP contribution in [0.4, 0.5) is 8.78 Å². The fourth-order valence-corrected chi connectivity index (χ4v) is 2.19. The lowest BCUT2D eigenvalue weighted by Crippen LogP contribution is -2.31. The summed E-state index contributed by atoms with van der Waals surface area (Å²) in [7, 11) is 0. The summed E-state index contributed by atoms with van der Waals surface area (Å²) in [5.41, 5.74) is 6.08. The predicted octanol–water partition coefficient (Wildman–Crippen LogP) is 2.71. The molecular formula is C12H15F2NO. The minimum atomic E-state index is -2.51. The summed E-state index contributed by atoms with van der Waals surface area (Å²) >= 11 is 0. The Morgan fingerprint density at radius 1 is 1.38 bits per heavy atom. The summed E-state index contributed by atoms with van der Waals surface area (Å²) in [5.74, 6) is 0.0687. The molecule has 1 aromatic carbocycles. The van der Waals surface area contributed by atoms with Gasteiger partial charge in [0.15, 0.2) is 0 Å². The Labute approximate surface area is 93.1 Å². The van der Waals surface area contributed by atoms with Gasteiger partial charge in [-0.25, -0.2) is 8.78 Å². The van der Waals surface area contributed by atoms with Crippen LogP contribution in [0.2, 0.25) is 0 Å². The average Bonchev–Trinajstić information content (AvgIpc) is 2.98. The van der Waals surface area contributed by atoms with Crippen LogP contribution in [0.5, 0.6) is 5.75 Å². The van der Waals surface area contributed by atoms with Gasteiger partial charge >= 0.3 is 0 Å². The van der Waals surface area contributed by atoms with E-state index in [0.29, 0.717) is 5.56 Å². The molecule has 1 aromatic rings. The van der Waals surface area contributed by atoms with Gasteiger partial charge in [-0.3, -0.25) is 0 Å². The van der Waals surface area contributed by atoms with Gasteiger partial charge in [-0.1, -0.05) is 0 Å². The zero-order valence-corrected chi connectivity index (χ0v) is 9.08. The zero-order valence-electron chi connectivity index (χ0n) is 9.08. The number of phenolic OH excluding ortho intramolecular Hbond substituents is 1. The maximum atomic E-state index is 12.6. The number of nitrogens with two attached hydrogens (primary N) is 1. The van der Waals surface area contributed by atoms with E-state index in [-0.39, 0.29) is 22.8 Å². The first-order chi connectivity index (χ1) is 7.47. The number of phenols is 1. The molecule has 1 unspecified atom stereocenters. The molecule has 0 saturated heterocycles. The van der Waals surface area contributed by atoms with Gasteiger partial charge in [0.05, 0.1) is 0 Å². The SMILES string of the molecule is CC(N)C1(c2cc(C(F)F)ccc2O)CC1. The van der Waals surface area contributed by atoms with E-state index >= 15 is 0 Å². The van der Waals surface area contributed by atoms with E-state index in [2.05, 4.69) is 0 Å². The fourth-order valence-electron chi connectivity index (χ4n) is 2.19. The highest BCUT2D eigenvalue weighted by Gasteiger charge is 2.49. The summed E-state index contributed by atoms with van der Waals surface area (Å²) in [6, 6.07) is 3.84. The topological polar surface area (TPSA) is 46.2 Å². The van der Waals surface area contributed by atoms with E-state index in [9.17, 15) is 13.9 Å². The van der Waals surface area contributed by atoms with E-state index in [1.165, 1.54) is 18.2 Å². The molecule has 1 saturated carbocycles. The number of alkyl halides is 2. The van der Waals surface area contributed by atoms with Crippen LogP contribution < -0.4 is 5.73 Å². The normalized spacial score (nSPS) is 19.8. The lowest BCUT2D eigenvalue weighted by molar-refractivity contribution is 0.151. The van der Waals surface area contributed by atoms with Gasteiger partial charge in [-0.2, -0.15) is 0 Å². The van der Waals surface area contributed by atoms with Crippen LogP contribution in [-0.2, 0) is 5.41 Å². The van der Waals surface area contributed by atoms with Crippen LogP contribution in [-0.4, -0.2) is 11.1 Å². The van der Waals surface area contributed by atoms with Gasteiger partial charge in [-0.15, -0.1) is 0 Å². The number of halogens is 2. The molecule has 1 aliphatic rings. The highest BCUT2D eigenvalue weighted by Crippen LogP contribution is 2.53. The van der Waals surface area contributed by atoms with Crippen molar-refractivity contribution in [1.29, 1.82) is 0 Å². The van der Waals surface area contributed by atoms with Gasteiger partial charge in [0, 0.05) is 22.6 Å². The number of aromatic hydroxyl groups is 1. The summed E-state index contributed by atoms with van der Waals surface area (Å²) in [6.07, 6.45) is -0.807. The molecule has 0 aliphatic heterocycles. The van der Waals surface area contributed by atoms with Crippen molar-refractivity contribution >= 4 is 0 Å². The number of benzene rings is 1. The summed E-state index contributed by atoms with van der Waals surface area (Å²) in [4.78, 5) is 0. The third-order valence-corrected chi connectivity index (χ3v) is 3.47. The van der Waals surface area contributed by atoms with Gasteiger partial charge in [0.25, 0.3) is 6.43 Å². The molecule has 0 heterocycles. The molecule has 1 atom stereocenters. The van der Waals surface area contributed by atoms with E-state index in [0.717, 1.165) is 12.8 Å². The lowest BCUT2D eigenvalue weighted by Gasteiger charge is -2.21. The van der Waals surface area contributed by atoms with E-state index in [4.69, 9.17) is 5.73 Å².